The van der Waals surface area contributed by atoms with Crippen LogP contribution in [0, 0.1) is 0 Å². The molecule has 3 aromatic heterocycles. The average molecular weight is 420 g/mol. The van der Waals surface area contributed by atoms with Gasteiger partial charge in [-0.25, -0.2) is 15.0 Å². The van der Waals surface area contributed by atoms with E-state index in [4.69, 9.17) is 16.0 Å². The van der Waals surface area contributed by atoms with Crippen molar-refractivity contribution in [1.29, 1.82) is 0 Å². The summed E-state index contributed by atoms with van der Waals surface area (Å²) in [6.45, 7) is 1.95. The Kier molecular flexibility index (Phi) is 4.90. The lowest BCUT2D eigenvalue weighted by Gasteiger charge is -2.26. The molecule has 5 rings (SSSR count). The lowest BCUT2D eigenvalue weighted by molar-refractivity contribution is 0.223. The van der Waals surface area contributed by atoms with Crippen molar-refractivity contribution in [2.24, 2.45) is 0 Å². The van der Waals surface area contributed by atoms with Crippen LogP contribution < -0.4 is 5.56 Å². The van der Waals surface area contributed by atoms with Crippen molar-refractivity contribution in [2.75, 3.05) is 6.54 Å². The van der Waals surface area contributed by atoms with Crippen LogP contribution in [0.15, 0.2) is 64.3 Å². The van der Waals surface area contributed by atoms with Crippen LogP contribution in [0.4, 0.5) is 0 Å². The first-order valence-corrected chi connectivity index (χ1v) is 9.98. The minimum Gasteiger partial charge on any atom is -0.460 e. The van der Waals surface area contributed by atoms with Crippen LogP contribution in [0.2, 0.25) is 5.02 Å². The van der Waals surface area contributed by atoms with Gasteiger partial charge >= 0.3 is 0 Å². The zero-order valence-corrected chi connectivity index (χ0v) is 16.8. The summed E-state index contributed by atoms with van der Waals surface area (Å²) in [6.07, 6.45) is 5.43. The topological polar surface area (TPSA) is 87.9 Å². The molecule has 1 aliphatic heterocycles. The van der Waals surface area contributed by atoms with Crippen molar-refractivity contribution in [3.8, 4) is 22.7 Å². The zero-order chi connectivity index (χ0) is 20.5. The van der Waals surface area contributed by atoms with Crippen molar-refractivity contribution in [3.63, 3.8) is 0 Å². The van der Waals surface area contributed by atoms with Crippen LogP contribution in [-0.4, -0.2) is 31.4 Å². The molecule has 0 saturated heterocycles. The molecule has 0 radical (unpaired) electrons. The molecule has 0 saturated carbocycles. The molecule has 8 heteroatoms. The van der Waals surface area contributed by atoms with Crippen molar-refractivity contribution < 1.29 is 4.42 Å². The number of aromatic amines is 1. The normalized spacial score (nSPS) is 13.9. The van der Waals surface area contributed by atoms with Crippen LogP contribution >= 0.6 is 11.6 Å². The largest absolute Gasteiger partial charge is 0.460 e. The van der Waals surface area contributed by atoms with Gasteiger partial charge in [0.1, 0.15) is 23.7 Å². The summed E-state index contributed by atoms with van der Waals surface area (Å²) in [5.74, 6) is 2.16. The molecule has 150 valence electrons. The number of rotatable bonds is 4. The third kappa shape index (κ3) is 3.77. The maximum atomic E-state index is 12.7. The number of nitrogens with zero attached hydrogens (tertiary/aromatic N) is 4. The summed E-state index contributed by atoms with van der Waals surface area (Å²) in [7, 11) is 0. The molecule has 0 bridgehead atoms. The van der Waals surface area contributed by atoms with E-state index in [1.54, 1.807) is 12.4 Å². The number of furan rings is 1. The second-order valence-corrected chi connectivity index (χ2v) is 7.64. The average Bonchev–Trinajstić information content (AvgIpc) is 3.23. The van der Waals surface area contributed by atoms with E-state index in [0.29, 0.717) is 41.5 Å². The lowest BCUT2D eigenvalue weighted by atomic mass is 10.1. The first-order valence-electron chi connectivity index (χ1n) is 9.60. The van der Waals surface area contributed by atoms with Crippen molar-refractivity contribution in [3.05, 3.63) is 87.5 Å². The Balaban J connectivity index is 1.33. The van der Waals surface area contributed by atoms with E-state index in [1.165, 1.54) is 6.33 Å². The molecule has 0 amide bonds. The molecule has 1 aromatic carbocycles. The van der Waals surface area contributed by atoms with Crippen molar-refractivity contribution in [1.82, 2.24) is 24.8 Å². The monoisotopic (exact) mass is 419 g/mol. The minimum absolute atomic E-state index is 0.121. The van der Waals surface area contributed by atoms with E-state index in [9.17, 15) is 4.79 Å². The lowest BCUT2D eigenvalue weighted by Crippen LogP contribution is -2.35. The predicted molar refractivity (Wildman–Crippen MR) is 113 cm³/mol. The summed E-state index contributed by atoms with van der Waals surface area (Å²) in [4.78, 5) is 30.3. The molecule has 0 unspecified atom stereocenters. The van der Waals surface area contributed by atoms with Gasteiger partial charge in [0.25, 0.3) is 5.56 Å². The molecule has 0 atom stereocenters. The first kappa shape index (κ1) is 18.7. The van der Waals surface area contributed by atoms with Crippen LogP contribution in [-0.2, 0) is 19.5 Å². The molecule has 0 fully saturated rings. The van der Waals surface area contributed by atoms with Gasteiger partial charge in [0.15, 0.2) is 0 Å². The van der Waals surface area contributed by atoms with Crippen molar-refractivity contribution in [2.45, 2.75) is 19.5 Å². The van der Waals surface area contributed by atoms with Gasteiger partial charge in [-0.2, -0.15) is 0 Å². The number of halogens is 1. The maximum absolute atomic E-state index is 12.7. The van der Waals surface area contributed by atoms with Gasteiger partial charge in [0.05, 0.1) is 23.4 Å². The number of nitrogens with one attached hydrogen (secondary N) is 1. The van der Waals surface area contributed by atoms with Gasteiger partial charge in [0.2, 0.25) is 0 Å². The van der Waals surface area contributed by atoms with Gasteiger partial charge in [-0.15, -0.1) is 0 Å². The smallest absolute Gasteiger partial charge is 0.255 e. The number of hydrogen-bond donors (Lipinski definition) is 1. The molecule has 0 spiro atoms. The number of fused-ring (bicyclic) bond motifs is 1. The highest BCUT2D eigenvalue weighted by molar-refractivity contribution is 6.30. The molecule has 1 aliphatic rings. The second-order valence-electron chi connectivity index (χ2n) is 7.20. The van der Waals surface area contributed by atoms with Gasteiger partial charge in [-0.05, 0) is 36.4 Å². The molecule has 4 heterocycles. The van der Waals surface area contributed by atoms with Gasteiger partial charge in [-0.1, -0.05) is 11.6 Å². The fraction of sp³-hybridized carbons (Fsp3) is 0.182. The Hall–Kier alpha value is -3.29. The van der Waals surface area contributed by atoms with E-state index in [2.05, 4.69) is 24.8 Å². The Labute approximate surface area is 177 Å². The summed E-state index contributed by atoms with van der Waals surface area (Å²) >= 11 is 5.96. The van der Waals surface area contributed by atoms with Gasteiger partial charge in [-0.3, -0.25) is 9.69 Å². The highest BCUT2D eigenvalue weighted by Gasteiger charge is 2.22. The number of benzene rings is 1. The Morgan fingerprint density at radius 2 is 1.87 bits per heavy atom. The fourth-order valence-electron chi connectivity index (χ4n) is 3.63. The Bertz CT molecular complexity index is 1230. The second kappa shape index (κ2) is 7.85. The van der Waals surface area contributed by atoms with Crippen LogP contribution in [0.25, 0.3) is 22.7 Å². The molecule has 30 heavy (non-hydrogen) atoms. The number of hydrogen-bond acceptors (Lipinski definition) is 6. The minimum atomic E-state index is -0.121. The summed E-state index contributed by atoms with van der Waals surface area (Å²) in [5, 5.41) is 0.694. The van der Waals surface area contributed by atoms with E-state index < -0.39 is 0 Å². The number of aromatic nitrogens is 4. The van der Waals surface area contributed by atoms with Gasteiger partial charge < -0.3 is 9.40 Å². The molecule has 1 N–H and O–H groups in total. The Morgan fingerprint density at radius 1 is 1.07 bits per heavy atom. The quantitative estimate of drug-likeness (QED) is 0.542. The molecule has 4 aromatic rings. The zero-order valence-electron chi connectivity index (χ0n) is 16.0. The van der Waals surface area contributed by atoms with E-state index in [1.807, 2.05) is 36.4 Å². The first-order chi connectivity index (χ1) is 14.7. The molecular formula is C22H18ClN5O2. The molecule has 7 nitrogen and oxygen atoms in total. The van der Waals surface area contributed by atoms with E-state index in [-0.39, 0.29) is 5.56 Å². The predicted octanol–water partition coefficient (Wildman–Crippen LogP) is 3.70. The fourth-order valence-corrected chi connectivity index (χ4v) is 3.75. The summed E-state index contributed by atoms with van der Waals surface area (Å²) < 4.78 is 6.01. The highest BCUT2D eigenvalue weighted by atomic mass is 35.5. The molecule has 0 aliphatic carbocycles. The van der Waals surface area contributed by atoms with Gasteiger partial charge in [0, 0.05) is 42.5 Å². The van der Waals surface area contributed by atoms with Crippen molar-refractivity contribution >= 4 is 11.6 Å². The molecular weight excluding hydrogens is 402 g/mol. The Morgan fingerprint density at radius 3 is 2.67 bits per heavy atom. The summed E-state index contributed by atoms with van der Waals surface area (Å²) in [5.41, 5.74) is 3.09. The maximum Gasteiger partial charge on any atom is 0.255 e. The van der Waals surface area contributed by atoms with Crippen LogP contribution in [0.1, 0.15) is 17.0 Å². The SMILES string of the molecule is O=c1[nH]c(-c2cncnc2)nc2c1CN(Cc1ccc(-c3ccc(Cl)cc3)o1)CC2. The standard InChI is InChI=1S/C22H18ClN5O2/c23-16-3-1-14(2-4-16)20-6-5-17(30-20)11-28-8-7-19-18(12-28)22(29)27-21(26-19)15-9-24-13-25-10-15/h1-6,9-10,13H,7-8,11-12H2,(H,26,27,29). The summed E-state index contributed by atoms with van der Waals surface area (Å²) in [6, 6.07) is 11.5. The number of H-pyrrole nitrogens is 1. The van der Waals surface area contributed by atoms with E-state index >= 15 is 0 Å². The highest BCUT2D eigenvalue weighted by Crippen LogP contribution is 2.25. The van der Waals surface area contributed by atoms with E-state index in [0.717, 1.165) is 29.3 Å². The third-order valence-electron chi connectivity index (χ3n) is 5.15. The third-order valence-corrected chi connectivity index (χ3v) is 5.40. The van der Waals surface area contributed by atoms with Crippen LogP contribution in [0.3, 0.4) is 0 Å². The van der Waals surface area contributed by atoms with Crippen LogP contribution in [0.5, 0.6) is 0 Å².